The standard InChI is InChI=1S/C9H12O3/c10-3-1-2-7-4-8(11)6-9(12)5-7/h4-6,10-12H,1-3H2. The summed E-state index contributed by atoms with van der Waals surface area (Å²) < 4.78 is 0. The Morgan fingerprint density at radius 1 is 1.00 bits per heavy atom. The van der Waals surface area contributed by atoms with Crippen molar-refractivity contribution < 1.29 is 15.3 Å². The SMILES string of the molecule is OCCCc1cc(O)cc(O)c1. The van der Waals surface area contributed by atoms with Gasteiger partial charge in [-0.15, -0.1) is 0 Å². The average Bonchev–Trinajstić information content (AvgIpc) is 1.99. The van der Waals surface area contributed by atoms with Gasteiger partial charge < -0.3 is 15.3 Å². The van der Waals surface area contributed by atoms with Gasteiger partial charge in [0.1, 0.15) is 11.5 Å². The molecule has 1 aromatic rings. The van der Waals surface area contributed by atoms with Crippen molar-refractivity contribution in [3.8, 4) is 11.5 Å². The molecular formula is C9H12O3. The quantitative estimate of drug-likeness (QED) is 0.631. The van der Waals surface area contributed by atoms with Gasteiger partial charge in [0.25, 0.3) is 0 Å². The molecule has 0 saturated heterocycles. The number of rotatable bonds is 3. The van der Waals surface area contributed by atoms with E-state index in [4.69, 9.17) is 15.3 Å². The van der Waals surface area contributed by atoms with Gasteiger partial charge in [-0.1, -0.05) is 0 Å². The molecule has 0 bridgehead atoms. The molecule has 0 aliphatic heterocycles. The fourth-order valence-corrected chi connectivity index (χ4v) is 1.08. The molecule has 66 valence electrons. The van der Waals surface area contributed by atoms with Crippen molar-refractivity contribution in [3.63, 3.8) is 0 Å². The first kappa shape index (κ1) is 8.87. The monoisotopic (exact) mass is 168 g/mol. The molecule has 0 aliphatic carbocycles. The Kier molecular flexibility index (Phi) is 2.94. The van der Waals surface area contributed by atoms with Crippen LogP contribution in [-0.2, 0) is 6.42 Å². The maximum absolute atomic E-state index is 9.07. The summed E-state index contributed by atoms with van der Waals surface area (Å²) >= 11 is 0. The van der Waals surface area contributed by atoms with Gasteiger partial charge in [0.2, 0.25) is 0 Å². The Morgan fingerprint density at radius 3 is 2.08 bits per heavy atom. The highest BCUT2D eigenvalue weighted by molar-refractivity contribution is 5.36. The molecule has 0 saturated carbocycles. The smallest absolute Gasteiger partial charge is 0.119 e. The summed E-state index contributed by atoms with van der Waals surface area (Å²) in [6.45, 7) is 0.121. The van der Waals surface area contributed by atoms with Gasteiger partial charge in [-0.2, -0.15) is 0 Å². The first-order valence-electron chi connectivity index (χ1n) is 3.85. The van der Waals surface area contributed by atoms with Crippen LogP contribution >= 0.6 is 0 Å². The zero-order chi connectivity index (χ0) is 8.97. The van der Waals surface area contributed by atoms with E-state index in [9.17, 15) is 0 Å². The topological polar surface area (TPSA) is 60.7 Å². The van der Waals surface area contributed by atoms with Gasteiger partial charge in [0.05, 0.1) is 0 Å². The fourth-order valence-electron chi connectivity index (χ4n) is 1.08. The average molecular weight is 168 g/mol. The maximum atomic E-state index is 9.07. The van der Waals surface area contributed by atoms with Crippen molar-refractivity contribution in [2.45, 2.75) is 12.8 Å². The number of aliphatic hydroxyl groups excluding tert-OH is 1. The van der Waals surface area contributed by atoms with Gasteiger partial charge in [-0.3, -0.25) is 0 Å². The molecule has 3 heteroatoms. The normalized spacial score (nSPS) is 10.1. The van der Waals surface area contributed by atoms with Crippen LogP contribution in [0, 0.1) is 0 Å². The van der Waals surface area contributed by atoms with E-state index in [0.29, 0.717) is 12.8 Å². The number of hydrogen-bond donors (Lipinski definition) is 3. The Hall–Kier alpha value is -1.22. The van der Waals surface area contributed by atoms with Crippen LogP contribution in [0.25, 0.3) is 0 Å². The number of aliphatic hydroxyl groups is 1. The highest BCUT2D eigenvalue weighted by Gasteiger charge is 1.98. The van der Waals surface area contributed by atoms with E-state index >= 15 is 0 Å². The van der Waals surface area contributed by atoms with Crippen molar-refractivity contribution in [3.05, 3.63) is 23.8 Å². The Balaban J connectivity index is 2.72. The zero-order valence-electron chi connectivity index (χ0n) is 6.70. The van der Waals surface area contributed by atoms with E-state index in [1.165, 1.54) is 6.07 Å². The third kappa shape index (κ3) is 2.43. The lowest BCUT2D eigenvalue weighted by Gasteiger charge is -2.01. The predicted octanol–water partition coefficient (Wildman–Crippen LogP) is 1.02. The van der Waals surface area contributed by atoms with E-state index in [0.717, 1.165) is 5.56 Å². The second-order valence-electron chi connectivity index (χ2n) is 2.68. The summed E-state index contributed by atoms with van der Waals surface area (Å²) in [6, 6.07) is 4.44. The van der Waals surface area contributed by atoms with Crippen LogP contribution in [0.15, 0.2) is 18.2 Å². The van der Waals surface area contributed by atoms with Crippen LogP contribution in [0.5, 0.6) is 11.5 Å². The molecular weight excluding hydrogens is 156 g/mol. The maximum Gasteiger partial charge on any atom is 0.119 e. The third-order valence-electron chi connectivity index (χ3n) is 1.59. The lowest BCUT2D eigenvalue weighted by molar-refractivity contribution is 0.288. The van der Waals surface area contributed by atoms with Crippen LogP contribution in [0.3, 0.4) is 0 Å². The van der Waals surface area contributed by atoms with E-state index in [-0.39, 0.29) is 18.1 Å². The first-order valence-corrected chi connectivity index (χ1v) is 3.85. The van der Waals surface area contributed by atoms with Gasteiger partial charge in [0.15, 0.2) is 0 Å². The number of phenolic OH excluding ortho intramolecular Hbond substituents is 2. The van der Waals surface area contributed by atoms with Crippen LogP contribution in [0.4, 0.5) is 0 Å². The molecule has 0 amide bonds. The number of aryl methyl sites for hydroxylation is 1. The van der Waals surface area contributed by atoms with E-state index in [1.54, 1.807) is 12.1 Å². The molecule has 0 spiro atoms. The third-order valence-corrected chi connectivity index (χ3v) is 1.59. The van der Waals surface area contributed by atoms with Gasteiger partial charge in [-0.25, -0.2) is 0 Å². The minimum atomic E-state index is 0.0583. The molecule has 0 fully saturated rings. The number of phenols is 2. The summed E-state index contributed by atoms with van der Waals surface area (Å²) in [5, 5.41) is 26.7. The van der Waals surface area contributed by atoms with E-state index < -0.39 is 0 Å². The molecule has 0 atom stereocenters. The summed E-state index contributed by atoms with van der Waals surface area (Å²) in [4.78, 5) is 0. The Labute approximate surface area is 70.9 Å². The zero-order valence-corrected chi connectivity index (χ0v) is 6.70. The second kappa shape index (κ2) is 3.97. The molecule has 1 rings (SSSR count). The van der Waals surface area contributed by atoms with Gasteiger partial charge in [-0.05, 0) is 30.5 Å². The molecule has 0 radical (unpaired) electrons. The molecule has 0 aromatic heterocycles. The van der Waals surface area contributed by atoms with Gasteiger partial charge in [0, 0.05) is 12.7 Å². The van der Waals surface area contributed by atoms with Crippen LogP contribution in [-0.4, -0.2) is 21.9 Å². The van der Waals surface area contributed by atoms with Crippen LogP contribution in [0.1, 0.15) is 12.0 Å². The molecule has 3 N–H and O–H groups in total. The lowest BCUT2D eigenvalue weighted by Crippen LogP contribution is -1.88. The molecule has 1 aromatic carbocycles. The van der Waals surface area contributed by atoms with Crippen molar-refractivity contribution in [1.29, 1.82) is 0 Å². The Bertz CT molecular complexity index is 238. The van der Waals surface area contributed by atoms with Gasteiger partial charge >= 0.3 is 0 Å². The highest BCUT2D eigenvalue weighted by Crippen LogP contribution is 2.20. The van der Waals surface area contributed by atoms with Crippen molar-refractivity contribution >= 4 is 0 Å². The fraction of sp³-hybridized carbons (Fsp3) is 0.333. The lowest BCUT2D eigenvalue weighted by atomic mass is 10.1. The molecule has 0 unspecified atom stereocenters. The first-order chi connectivity index (χ1) is 5.72. The number of aromatic hydroxyl groups is 2. The molecule has 0 aliphatic rings. The molecule has 3 nitrogen and oxygen atoms in total. The largest absolute Gasteiger partial charge is 0.508 e. The molecule has 12 heavy (non-hydrogen) atoms. The van der Waals surface area contributed by atoms with Crippen LogP contribution in [0.2, 0.25) is 0 Å². The predicted molar refractivity (Wildman–Crippen MR) is 45.2 cm³/mol. The van der Waals surface area contributed by atoms with Crippen molar-refractivity contribution in [2.24, 2.45) is 0 Å². The summed E-state index contributed by atoms with van der Waals surface area (Å²) in [5.74, 6) is 0.117. The highest BCUT2D eigenvalue weighted by atomic mass is 16.3. The minimum Gasteiger partial charge on any atom is -0.508 e. The van der Waals surface area contributed by atoms with E-state index in [1.807, 2.05) is 0 Å². The van der Waals surface area contributed by atoms with E-state index in [2.05, 4.69) is 0 Å². The number of benzene rings is 1. The van der Waals surface area contributed by atoms with Crippen LogP contribution < -0.4 is 0 Å². The summed E-state index contributed by atoms with van der Waals surface area (Å²) in [6.07, 6.45) is 1.31. The van der Waals surface area contributed by atoms with Crippen molar-refractivity contribution in [2.75, 3.05) is 6.61 Å². The minimum absolute atomic E-state index is 0.0583. The molecule has 0 heterocycles. The Morgan fingerprint density at radius 2 is 1.58 bits per heavy atom. The number of hydrogen-bond acceptors (Lipinski definition) is 3. The summed E-state index contributed by atoms with van der Waals surface area (Å²) in [7, 11) is 0. The van der Waals surface area contributed by atoms with Crippen molar-refractivity contribution in [1.82, 2.24) is 0 Å². The summed E-state index contributed by atoms with van der Waals surface area (Å²) in [5.41, 5.74) is 0.835. The second-order valence-corrected chi connectivity index (χ2v) is 2.68.